The number of carbonyl (C=O) groups is 1. The highest BCUT2D eigenvalue weighted by atomic mass is 35.5. The lowest BCUT2D eigenvalue weighted by Gasteiger charge is -2.07. The molecule has 6 nitrogen and oxygen atoms in total. The van der Waals surface area contributed by atoms with E-state index in [1.807, 2.05) is 0 Å². The molecular formula is C12H7ClN4O2S. The summed E-state index contributed by atoms with van der Waals surface area (Å²) < 4.78 is 8.20. The van der Waals surface area contributed by atoms with Crippen molar-refractivity contribution in [1.29, 1.82) is 0 Å². The number of hydrogen-bond donors (Lipinski definition) is 2. The molecule has 0 fully saturated rings. The highest BCUT2D eigenvalue weighted by Crippen LogP contribution is 2.30. The van der Waals surface area contributed by atoms with Crippen LogP contribution in [0.5, 0.6) is 0 Å². The number of nitrogens with zero attached hydrogens (tertiary/aromatic N) is 2. The van der Waals surface area contributed by atoms with Crippen LogP contribution in [0.3, 0.4) is 0 Å². The monoisotopic (exact) mass is 306 g/mol. The summed E-state index contributed by atoms with van der Waals surface area (Å²) in [6.45, 7) is 0. The lowest BCUT2D eigenvalue weighted by atomic mass is 10.2. The minimum Gasteiger partial charge on any atom is -0.328 e. The molecule has 2 aromatic heterocycles. The van der Waals surface area contributed by atoms with Gasteiger partial charge >= 0.3 is 0 Å². The number of aromatic nitrogens is 3. The summed E-state index contributed by atoms with van der Waals surface area (Å²) in [7, 11) is 0. The third kappa shape index (κ3) is 2.28. The van der Waals surface area contributed by atoms with Crippen molar-refractivity contribution < 1.29 is 4.79 Å². The zero-order valence-electron chi connectivity index (χ0n) is 9.88. The maximum Gasteiger partial charge on any atom is 0.257 e. The molecule has 20 heavy (non-hydrogen) atoms. The first-order chi connectivity index (χ1) is 9.65. The number of carbonyl (C=O) groups excluding carboxylic acids is 1. The van der Waals surface area contributed by atoms with Crippen molar-refractivity contribution in [2.75, 3.05) is 5.32 Å². The predicted molar refractivity (Wildman–Crippen MR) is 77.4 cm³/mol. The van der Waals surface area contributed by atoms with E-state index < -0.39 is 0 Å². The van der Waals surface area contributed by atoms with Gasteiger partial charge in [-0.3, -0.25) is 9.59 Å². The Morgan fingerprint density at radius 3 is 2.85 bits per heavy atom. The van der Waals surface area contributed by atoms with E-state index in [9.17, 15) is 9.59 Å². The van der Waals surface area contributed by atoms with Crippen LogP contribution in [-0.2, 0) is 0 Å². The van der Waals surface area contributed by atoms with Crippen LogP contribution in [0.1, 0.15) is 10.4 Å². The molecule has 0 bridgehead atoms. The third-order valence-corrected chi connectivity index (χ3v) is 3.52. The van der Waals surface area contributed by atoms with Gasteiger partial charge in [0.25, 0.3) is 5.91 Å². The van der Waals surface area contributed by atoms with Gasteiger partial charge in [0.2, 0.25) is 5.56 Å². The summed E-state index contributed by atoms with van der Waals surface area (Å²) in [5.74, 6) is -0.386. The second-order valence-corrected chi connectivity index (χ2v) is 4.89. The molecule has 3 aromatic rings. The lowest BCUT2D eigenvalue weighted by Crippen LogP contribution is -2.15. The molecule has 8 heteroatoms. The average molecular weight is 307 g/mol. The average Bonchev–Trinajstić information content (AvgIpc) is 2.91. The molecule has 3 rings (SSSR count). The second-order valence-electron chi connectivity index (χ2n) is 3.95. The smallest absolute Gasteiger partial charge is 0.257 e. The molecule has 0 spiro atoms. The van der Waals surface area contributed by atoms with Gasteiger partial charge in [0.05, 0.1) is 28.0 Å². The Morgan fingerprint density at radius 1 is 1.25 bits per heavy atom. The first-order valence-electron chi connectivity index (χ1n) is 5.56. The fourth-order valence-corrected chi connectivity index (χ4v) is 2.43. The summed E-state index contributed by atoms with van der Waals surface area (Å²) in [6.07, 6.45) is 1.34. The molecule has 0 aliphatic rings. The van der Waals surface area contributed by atoms with Crippen LogP contribution in [0.2, 0.25) is 5.02 Å². The van der Waals surface area contributed by atoms with E-state index in [1.165, 1.54) is 18.3 Å². The van der Waals surface area contributed by atoms with E-state index >= 15 is 0 Å². The van der Waals surface area contributed by atoms with Crippen LogP contribution < -0.4 is 10.9 Å². The van der Waals surface area contributed by atoms with Crippen molar-refractivity contribution in [3.05, 3.63) is 51.4 Å². The Hall–Kier alpha value is -2.25. The van der Waals surface area contributed by atoms with Gasteiger partial charge < -0.3 is 10.3 Å². The van der Waals surface area contributed by atoms with Crippen molar-refractivity contribution in [2.24, 2.45) is 0 Å². The number of fused-ring (bicyclic) bond motifs is 1. The predicted octanol–water partition coefficient (Wildman–Crippen LogP) is 2.29. The minimum atomic E-state index is -0.386. The zero-order valence-corrected chi connectivity index (χ0v) is 11.5. The number of H-pyrrole nitrogens is 1. The van der Waals surface area contributed by atoms with Gasteiger partial charge in [0, 0.05) is 12.3 Å². The van der Waals surface area contributed by atoms with Crippen LogP contribution >= 0.6 is 23.3 Å². The number of hydrogen-bond acceptors (Lipinski definition) is 5. The molecule has 0 unspecified atom stereocenters. The molecule has 0 saturated carbocycles. The molecule has 0 saturated heterocycles. The van der Waals surface area contributed by atoms with Gasteiger partial charge in [-0.2, -0.15) is 8.75 Å². The Bertz CT molecular complexity index is 838. The summed E-state index contributed by atoms with van der Waals surface area (Å²) in [6, 6.07) is 6.09. The number of nitrogens with one attached hydrogen (secondary N) is 2. The second kappa shape index (κ2) is 5.03. The first kappa shape index (κ1) is 12.8. The standard InChI is InChI=1S/C12H7ClN4O2S/c13-7-2-3-8-11(17-20-16-8)10(7)15-12(19)6-1-4-9(18)14-5-6/h1-5H,(H,14,18)(H,15,19). The van der Waals surface area contributed by atoms with Crippen LogP contribution in [0.4, 0.5) is 5.69 Å². The van der Waals surface area contributed by atoms with Gasteiger partial charge in [-0.25, -0.2) is 0 Å². The van der Waals surface area contributed by atoms with E-state index in [2.05, 4.69) is 19.0 Å². The molecule has 0 radical (unpaired) electrons. The maximum absolute atomic E-state index is 12.1. The van der Waals surface area contributed by atoms with Crippen LogP contribution in [0.25, 0.3) is 11.0 Å². The van der Waals surface area contributed by atoms with Crippen molar-refractivity contribution in [2.45, 2.75) is 0 Å². The number of halogens is 1. The Labute approximate surface area is 121 Å². The van der Waals surface area contributed by atoms with E-state index in [1.54, 1.807) is 12.1 Å². The molecule has 0 aliphatic heterocycles. The Morgan fingerprint density at radius 2 is 2.10 bits per heavy atom. The fourth-order valence-electron chi connectivity index (χ4n) is 1.68. The van der Waals surface area contributed by atoms with E-state index in [0.29, 0.717) is 27.3 Å². The highest BCUT2D eigenvalue weighted by molar-refractivity contribution is 7.00. The van der Waals surface area contributed by atoms with Gasteiger partial charge in [0.1, 0.15) is 11.0 Å². The highest BCUT2D eigenvalue weighted by Gasteiger charge is 2.14. The SMILES string of the molecule is O=C(Nc1c(Cl)ccc2nsnc12)c1ccc(=O)[nH]c1. The van der Waals surface area contributed by atoms with Crippen molar-refractivity contribution >= 4 is 46.0 Å². The van der Waals surface area contributed by atoms with E-state index in [4.69, 9.17) is 11.6 Å². The number of benzene rings is 1. The molecule has 1 aromatic carbocycles. The van der Waals surface area contributed by atoms with Gasteiger partial charge in [0.15, 0.2) is 0 Å². The van der Waals surface area contributed by atoms with Crippen molar-refractivity contribution in [3.63, 3.8) is 0 Å². The molecule has 0 atom stereocenters. The van der Waals surface area contributed by atoms with E-state index in [-0.39, 0.29) is 11.5 Å². The van der Waals surface area contributed by atoms with Gasteiger partial charge in [-0.15, -0.1) is 0 Å². The topological polar surface area (TPSA) is 87.7 Å². The van der Waals surface area contributed by atoms with E-state index in [0.717, 1.165) is 11.7 Å². The Balaban J connectivity index is 1.98. The lowest BCUT2D eigenvalue weighted by molar-refractivity contribution is 0.102. The summed E-state index contributed by atoms with van der Waals surface area (Å²) in [4.78, 5) is 25.5. The number of pyridine rings is 1. The molecule has 0 aliphatic carbocycles. The quantitative estimate of drug-likeness (QED) is 0.760. The number of anilines is 1. The summed E-state index contributed by atoms with van der Waals surface area (Å²) >= 11 is 7.12. The molecule has 100 valence electrons. The van der Waals surface area contributed by atoms with Crippen LogP contribution in [-0.4, -0.2) is 19.6 Å². The van der Waals surface area contributed by atoms with Crippen LogP contribution in [0, 0.1) is 0 Å². The Kier molecular flexibility index (Phi) is 3.21. The molecular weight excluding hydrogens is 300 g/mol. The molecule has 2 heterocycles. The minimum absolute atomic E-state index is 0.273. The number of aromatic amines is 1. The number of rotatable bonds is 2. The number of amides is 1. The zero-order chi connectivity index (χ0) is 14.1. The van der Waals surface area contributed by atoms with Gasteiger partial charge in [-0.05, 0) is 18.2 Å². The summed E-state index contributed by atoms with van der Waals surface area (Å²) in [5, 5.41) is 3.06. The normalized spacial score (nSPS) is 10.7. The summed E-state index contributed by atoms with van der Waals surface area (Å²) in [5.41, 5.74) is 1.66. The fraction of sp³-hybridized carbons (Fsp3) is 0. The third-order valence-electron chi connectivity index (χ3n) is 2.66. The van der Waals surface area contributed by atoms with Crippen molar-refractivity contribution in [1.82, 2.24) is 13.7 Å². The maximum atomic E-state index is 12.1. The van der Waals surface area contributed by atoms with Crippen LogP contribution in [0.15, 0.2) is 35.3 Å². The molecule has 2 N–H and O–H groups in total. The van der Waals surface area contributed by atoms with Crippen molar-refractivity contribution in [3.8, 4) is 0 Å². The van der Waals surface area contributed by atoms with Gasteiger partial charge in [-0.1, -0.05) is 11.6 Å². The largest absolute Gasteiger partial charge is 0.328 e. The first-order valence-corrected chi connectivity index (χ1v) is 6.67. The molecule has 1 amide bonds.